The zero-order valence-electron chi connectivity index (χ0n) is 16.1. The van der Waals surface area contributed by atoms with Gasteiger partial charge < -0.3 is 19.5 Å². The van der Waals surface area contributed by atoms with Gasteiger partial charge in [-0.25, -0.2) is 9.97 Å². The predicted molar refractivity (Wildman–Crippen MR) is 110 cm³/mol. The molecule has 1 N–H and O–H groups in total. The lowest BCUT2D eigenvalue weighted by atomic mass is 10.1. The fourth-order valence-corrected chi connectivity index (χ4v) is 3.30. The van der Waals surface area contributed by atoms with Crippen molar-refractivity contribution in [3.05, 3.63) is 67.1 Å². The molecule has 2 aromatic heterocycles. The topological polar surface area (TPSA) is 87.0 Å². The van der Waals surface area contributed by atoms with Gasteiger partial charge in [0.1, 0.15) is 12.4 Å². The number of nitrogens with zero attached hydrogens (tertiary/aromatic N) is 3. The van der Waals surface area contributed by atoms with Crippen LogP contribution in [0.4, 0.5) is 5.69 Å². The highest BCUT2D eigenvalue weighted by Crippen LogP contribution is 2.33. The maximum absolute atomic E-state index is 12.8. The van der Waals surface area contributed by atoms with Gasteiger partial charge in [-0.3, -0.25) is 9.20 Å². The number of carbonyl (C=O) groups excluding carboxylic acids is 1. The lowest BCUT2D eigenvalue weighted by Gasteiger charge is -2.25. The van der Waals surface area contributed by atoms with E-state index in [1.807, 2.05) is 47.1 Å². The Kier molecular flexibility index (Phi) is 4.44. The summed E-state index contributed by atoms with van der Waals surface area (Å²) in [7, 11) is 1.55. The Morgan fingerprint density at radius 2 is 2.07 bits per heavy atom. The van der Waals surface area contributed by atoms with Gasteiger partial charge in [0.15, 0.2) is 11.5 Å². The number of fused-ring (bicyclic) bond motifs is 2. The second kappa shape index (κ2) is 7.40. The van der Waals surface area contributed by atoms with E-state index >= 15 is 0 Å². The van der Waals surface area contributed by atoms with Crippen molar-refractivity contribution in [1.82, 2.24) is 14.4 Å². The van der Waals surface area contributed by atoms with E-state index in [0.717, 1.165) is 11.3 Å². The minimum atomic E-state index is -0.771. The van der Waals surface area contributed by atoms with Gasteiger partial charge >= 0.3 is 0 Å². The van der Waals surface area contributed by atoms with Crippen LogP contribution in [0.5, 0.6) is 17.2 Å². The molecule has 1 aliphatic rings. The molecule has 0 saturated heterocycles. The van der Waals surface area contributed by atoms with Crippen molar-refractivity contribution < 1.29 is 19.0 Å². The van der Waals surface area contributed by atoms with E-state index in [-0.39, 0.29) is 12.5 Å². The van der Waals surface area contributed by atoms with Crippen molar-refractivity contribution in [3.8, 4) is 28.5 Å². The molecule has 0 spiro atoms. The minimum absolute atomic E-state index is 0.128. The van der Waals surface area contributed by atoms with Gasteiger partial charge in [0.2, 0.25) is 11.9 Å². The fourth-order valence-electron chi connectivity index (χ4n) is 3.30. The molecule has 30 heavy (non-hydrogen) atoms. The molecule has 1 amide bonds. The van der Waals surface area contributed by atoms with Crippen LogP contribution in [-0.4, -0.2) is 40.1 Å². The molecular formula is C22H18N4O4. The second-order valence-electron chi connectivity index (χ2n) is 6.72. The van der Waals surface area contributed by atoms with Gasteiger partial charge in [0, 0.05) is 24.2 Å². The molecule has 8 heteroatoms. The third-order valence-corrected chi connectivity index (χ3v) is 4.79. The Morgan fingerprint density at radius 1 is 1.20 bits per heavy atom. The van der Waals surface area contributed by atoms with Crippen molar-refractivity contribution in [1.29, 1.82) is 0 Å². The van der Waals surface area contributed by atoms with Crippen molar-refractivity contribution in [3.63, 3.8) is 0 Å². The quantitative estimate of drug-likeness (QED) is 0.564. The van der Waals surface area contributed by atoms with E-state index in [9.17, 15) is 4.79 Å². The van der Waals surface area contributed by atoms with Crippen LogP contribution in [-0.2, 0) is 4.79 Å². The summed E-state index contributed by atoms with van der Waals surface area (Å²) in [5, 5.41) is 2.89. The van der Waals surface area contributed by atoms with Crippen LogP contribution in [0.15, 0.2) is 67.1 Å². The zero-order valence-corrected chi connectivity index (χ0v) is 16.1. The van der Waals surface area contributed by atoms with Gasteiger partial charge in [0.25, 0.3) is 5.91 Å². The third-order valence-electron chi connectivity index (χ3n) is 4.79. The third kappa shape index (κ3) is 3.28. The standard InChI is InChI=1S/C22H18N4O4/c1-28-17-8-7-14(16-12-26-10-4-9-23-22(26)25-16)11-15(17)24-21(27)20-13-29-18-5-2-3-6-19(18)30-20/h2-12,20H,13H2,1H3,(H,24,27)/t20-/m0/s1. The van der Waals surface area contributed by atoms with Gasteiger partial charge in [-0.2, -0.15) is 0 Å². The number of para-hydroxylation sites is 2. The first kappa shape index (κ1) is 18.0. The molecule has 2 aromatic carbocycles. The monoisotopic (exact) mass is 402 g/mol. The number of nitrogens with one attached hydrogen (secondary N) is 1. The van der Waals surface area contributed by atoms with Crippen LogP contribution in [0, 0.1) is 0 Å². The SMILES string of the molecule is COc1ccc(-c2cn3cccnc3n2)cc1NC(=O)[C@@H]1COc2ccccc2O1. The molecule has 150 valence electrons. The van der Waals surface area contributed by atoms with Crippen molar-refractivity contribution in [2.45, 2.75) is 6.10 Å². The molecule has 1 aliphatic heterocycles. The van der Waals surface area contributed by atoms with Crippen LogP contribution in [0.1, 0.15) is 0 Å². The van der Waals surface area contributed by atoms with E-state index in [1.54, 1.807) is 31.5 Å². The van der Waals surface area contributed by atoms with Crippen molar-refractivity contribution >= 4 is 17.4 Å². The van der Waals surface area contributed by atoms with E-state index in [1.165, 1.54) is 0 Å². The first-order valence-electron chi connectivity index (χ1n) is 9.39. The summed E-state index contributed by atoms with van der Waals surface area (Å²) in [6.45, 7) is 0.128. The number of amides is 1. The zero-order chi connectivity index (χ0) is 20.5. The number of hydrogen-bond donors (Lipinski definition) is 1. The van der Waals surface area contributed by atoms with Crippen LogP contribution in [0.3, 0.4) is 0 Å². The highest BCUT2D eigenvalue weighted by molar-refractivity contribution is 5.96. The summed E-state index contributed by atoms with van der Waals surface area (Å²) < 4.78 is 18.7. The van der Waals surface area contributed by atoms with Crippen LogP contribution < -0.4 is 19.5 Å². The molecule has 4 aromatic rings. The van der Waals surface area contributed by atoms with Crippen LogP contribution in [0.25, 0.3) is 17.0 Å². The maximum Gasteiger partial charge on any atom is 0.269 e. The minimum Gasteiger partial charge on any atom is -0.495 e. The summed E-state index contributed by atoms with van der Waals surface area (Å²) in [6.07, 6.45) is 4.68. The van der Waals surface area contributed by atoms with Crippen molar-refractivity contribution in [2.75, 3.05) is 19.0 Å². The first-order chi connectivity index (χ1) is 14.7. The Hall–Kier alpha value is -4.07. The lowest BCUT2D eigenvalue weighted by molar-refractivity contribution is -0.125. The predicted octanol–water partition coefficient (Wildman–Crippen LogP) is 3.18. The number of rotatable bonds is 4. The van der Waals surface area contributed by atoms with Gasteiger partial charge in [0.05, 0.1) is 18.5 Å². The summed E-state index contributed by atoms with van der Waals surface area (Å²) >= 11 is 0. The van der Waals surface area contributed by atoms with Crippen molar-refractivity contribution in [2.24, 2.45) is 0 Å². The number of carbonyl (C=O) groups is 1. The summed E-state index contributed by atoms with van der Waals surface area (Å²) in [5.74, 6) is 1.98. The van der Waals surface area contributed by atoms with Gasteiger partial charge in [-0.15, -0.1) is 0 Å². The second-order valence-corrected chi connectivity index (χ2v) is 6.72. The smallest absolute Gasteiger partial charge is 0.269 e. The number of imidazole rings is 1. The number of aromatic nitrogens is 3. The molecule has 0 radical (unpaired) electrons. The molecular weight excluding hydrogens is 384 g/mol. The highest BCUT2D eigenvalue weighted by atomic mass is 16.6. The molecule has 0 aliphatic carbocycles. The molecule has 1 atom stereocenters. The van der Waals surface area contributed by atoms with Gasteiger partial charge in [-0.05, 0) is 36.4 Å². The summed E-state index contributed by atoms with van der Waals surface area (Å²) in [5.41, 5.74) is 2.08. The average Bonchev–Trinajstić information content (AvgIpc) is 3.23. The Labute approximate surface area is 172 Å². The number of anilines is 1. The molecule has 0 unspecified atom stereocenters. The Morgan fingerprint density at radius 3 is 2.90 bits per heavy atom. The molecule has 0 saturated carbocycles. The number of ether oxygens (including phenoxy) is 3. The van der Waals surface area contributed by atoms with E-state index in [4.69, 9.17) is 14.2 Å². The number of methoxy groups -OCH3 is 1. The molecule has 3 heterocycles. The van der Waals surface area contributed by atoms with Crippen LogP contribution in [0.2, 0.25) is 0 Å². The number of hydrogen-bond acceptors (Lipinski definition) is 6. The fraction of sp³-hybridized carbons (Fsp3) is 0.136. The van der Waals surface area contributed by atoms with Gasteiger partial charge in [-0.1, -0.05) is 12.1 Å². The maximum atomic E-state index is 12.8. The molecule has 8 nitrogen and oxygen atoms in total. The lowest BCUT2D eigenvalue weighted by Crippen LogP contribution is -2.40. The molecule has 0 fully saturated rings. The van der Waals surface area contributed by atoms with E-state index in [0.29, 0.717) is 28.7 Å². The summed E-state index contributed by atoms with van der Waals surface area (Å²) in [6, 6.07) is 14.6. The highest BCUT2D eigenvalue weighted by Gasteiger charge is 2.28. The average molecular weight is 402 g/mol. The van der Waals surface area contributed by atoms with E-state index < -0.39 is 6.10 Å². The Bertz CT molecular complexity index is 1200. The normalized spacial score (nSPS) is 15.0. The largest absolute Gasteiger partial charge is 0.495 e. The Balaban J connectivity index is 1.41. The van der Waals surface area contributed by atoms with Crippen LogP contribution >= 0.6 is 0 Å². The first-order valence-corrected chi connectivity index (χ1v) is 9.39. The number of benzene rings is 2. The summed E-state index contributed by atoms with van der Waals surface area (Å²) in [4.78, 5) is 21.6. The van der Waals surface area contributed by atoms with E-state index in [2.05, 4.69) is 15.3 Å². The molecule has 0 bridgehead atoms. The molecule has 5 rings (SSSR count).